The van der Waals surface area contributed by atoms with Gasteiger partial charge in [-0.3, -0.25) is 14.1 Å². The van der Waals surface area contributed by atoms with Gasteiger partial charge in [0.15, 0.2) is 12.4 Å². The Kier molecular flexibility index (Phi) is 31.8. The van der Waals surface area contributed by atoms with E-state index in [4.69, 9.17) is 76.8 Å². The van der Waals surface area contributed by atoms with Gasteiger partial charge in [0.25, 0.3) is 0 Å². The van der Waals surface area contributed by atoms with Crippen molar-refractivity contribution in [2.45, 2.75) is 209 Å². The molecule has 1 heterocycles. The number of benzene rings is 3. The number of carbonyl (C=O) groups excluding carboxylic acids is 4. The number of para-hydroxylation sites is 2. The van der Waals surface area contributed by atoms with E-state index in [1.165, 1.54) is 88.5 Å². The molecular weight excluding hydrogens is 1080 g/mol. The number of esters is 2. The van der Waals surface area contributed by atoms with Gasteiger partial charge in [-0.05, 0) is 49.1 Å². The molecule has 1 amide bonds. The van der Waals surface area contributed by atoms with Gasteiger partial charge in [0, 0.05) is 6.42 Å². The Morgan fingerprint density at radius 1 is 0.636 bits per heavy atom. The first-order chi connectivity index (χ1) is 37.2. The van der Waals surface area contributed by atoms with Gasteiger partial charge in [0.05, 0.1) is 6.42 Å². The van der Waals surface area contributed by atoms with Crippen LogP contribution in [0.15, 0.2) is 91.0 Å². The zero-order valence-electron chi connectivity index (χ0n) is 44.8. The minimum absolute atomic E-state index is 0.0358. The van der Waals surface area contributed by atoms with Crippen LogP contribution in [0.3, 0.4) is 0 Å². The molecule has 3 aromatic carbocycles. The molecular formula is C57H81Cl3NO15P. The minimum Gasteiger partial charge on any atom is -0.462 e. The van der Waals surface area contributed by atoms with Gasteiger partial charge in [-0.1, -0.05) is 231 Å². The summed E-state index contributed by atoms with van der Waals surface area (Å²) in [5.74, 6) is -1.35. The second-order valence-electron chi connectivity index (χ2n) is 19.3. The Bertz CT molecular complexity index is 2100. The first-order valence-corrected chi connectivity index (χ1v) is 30.1. The fourth-order valence-corrected chi connectivity index (χ4v) is 10.2. The third-order valence-electron chi connectivity index (χ3n) is 12.6. The highest BCUT2D eigenvalue weighted by Gasteiger charge is 2.54. The predicted molar refractivity (Wildman–Crippen MR) is 296 cm³/mol. The monoisotopic (exact) mass is 1160 g/mol. The number of unbranched alkanes of at least 4 members (excludes halogenated alkanes) is 18. The number of ether oxygens (including phenoxy) is 6. The predicted octanol–water partition coefficient (Wildman–Crippen LogP) is 15.0. The number of aliphatic hydroxyl groups is 1. The molecule has 0 unspecified atom stereocenters. The Morgan fingerprint density at radius 2 is 1.13 bits per heavy atom. The van der Waals surface area contributed by atoms with E-state index >= 15 is 4.57 Å². The van der Waals surface area contributed by atoms with Gasteiger partial charge >= 0.3 is 32.0 Å². The molecule has 0 saturated carbocycles. The number of hydrogen-bond donors (Lipinski definition) is 2. The van der Waals surface area contributed by atoms with E-state index < -0.39 is 92.2 Å². The lowest BCUT2D eigenvalue weighted by molar-refractivity contribution is -0.255. The molecule has 2 N–H and O–H groups in total. The van der Waals surface area contributed by atoms with Crippen LogP contribution in [-0.2, 0) is 53.7 Å². The van der Waals surface area contributed by atoms with Crippen LogP contribution in [-0.4, -0.2) is 83.0 Å². The largest absolute Gasteiger partial charge is 0.588 e. The standard InChI is InChI=1S/C57H81Cl3NO15P/c1-3-5-7-9-11-13-14-16-18-20-31-39-49(62)71-47(38-26-19-17-15-12-10-8-6-4-2)40-50(63)73-53-51(61-55(65)70-43-57(58,59)60)54(64)72-48(42-69-56(66)68-41-44-32-24-21-25-33-44)52(53)76-77(67,74-45-34-27-22-28-35-45)75-46-36-29-23-30-37-46/h21-25,27-30,32-37,47-48,51-54,64H,3-20,26,31,38-43H2,1-2H3,(H,61,65)/t47-,48-,51-,52-,53-,54+/m1/s1. The maximum absolute atomic E-state index is 15.1. The Hall–Kier alpha value is -4.28. The number of nitrogens with one attached hydrogen (secondary N) is 1. The van der Waals surface area contributed by atoms with E-state index in [0.29, 0.717) is 24.8 Å². The van der Waals surface area contributed by atoms with E-state index in [0.717, 1.165) is 51.4 Å². The van der Waals surface area contributed by atoms with Crippen LogP contribution < -0.4 is 14.4 Å². The highest BCUT2D eigenvalue weighted by Crippen LogP contribution is 2.52. The number of alkyl carbamates (subject to hydrolysis) is 1. The van der Waals surface area contributed by atoms with Gasteiger partial charge in [-0.25, -0.2) is 14.2 Å². The van der Waals surface area contributed by atoms with Crippen molar-refractivity contribution >= 4 is 66.8 Å². The van der Waals surface area contributed by atoms with Crippen molar-refractivity contribution in [1.29, 1.82) is 0 Å². The van der Waals surface area contributed by atoms with Crippen LogP contribution in [0.1, 0.15) is 167 Å². The number of amides is 1. The maximum Gasteiger partial charge on any atom is 0.588 e. The molecule has 6 atom stereocenters. The zero-order valence-corrected chi connectivity index (χ0v) is 47.9. The van der Waals surface area contributed by atoms with Gasteiger partial charge in [0.1, 0.15) is 55.7 Å². The molecule has 77 heavy (non-hydrogen) atoms. The summed E-state index contributed by atoms with van der Waals surface area (Å²) < 4.78 is 65.2. The first kappa shape index (κ1) is 65.2. The molecule has 430 valence electrons. The molecule has 20 heteroatoms. The van der Waals surface area contributed by atoms with Crippen molar-refractivity contribution in [3.63, 3.8) is 0 Å². The number of hydrogen-bond acceptors (Lipinski definition) is 15. The molecule has 0 aliphatic carbocycles. The molecule has 1 fully saturated rings. The highest BCUT2D eigenvalue weighted by atomic mass is 35.6. The summed E-state index contributed by atoms with van der Waals surface area (Å²) >= 11 is 17.6. The number of phosphoric acid groups is 1. The van der Waals surface area contributed by atoms with Crippen molar-refractivity contribution in [2.75, 3.05) is 13.2 Å². The lowest BCUT2D eigenvalue weighted by Crippen LogP contribution is -2.66. The molecule has 0 spiro atoms. The second-order valence-corrected chi connectivity index (χ2v) is 23.2. The third kappa shape index (κ3) is 28.4. The minimum atomic E-state index is -4.96. The first-order valence-electron chi connectivity index (χ1n) is 27.5. The summed E-state index contributed by atoms with van der Waals surface area (Å²) in [7, 11) is -4.96. The van der Waals surface area contributed by atoms with Crippen LogP contribution in [0.4, 0.5) is 9.59 Å². The summed E-state index contributed by atoms with van der Waals surface area (Å²) in [5.41, 5.74) is 0.658. The molecule has 0 aromatic heterocycles. The summed E-state index contributed by atoms with van der Waals surface area (Å²) in [4.78, 5) is 54.4. The van der Waals surface area contributed by atoms with E-state index in [-0.39, 0.29) is 24.5 Å². The zero-order chi connectivity index (χ0) is 55.6. The Balaban J connectivity index is 1.62. The molecule has 1 saturated heterocycles. The second kappa shape index (κ2) is 37.6. The number of alkyl halides is 3. The van der Waals surface area contributed by atoms with E-state index in [9.17, 15) is 24.3 Å². The van der Waals surface area contributed by atoms with E-state index in [1.54, 1.807) is 66.7 Å². The average Bonchev–Trinajstić information content (AvgIpc) is 3.41. The van der Waals surface area contributed by atoms with Crippen LogP contribution in [0, 0.1) is 0 Å². The fourth-order valence-electron chi connectivity index (χ4n) is 8.59. The molecule has 0 radical (unpaired) electrons. The van der Waals surface area contributed by atoms with Crippen LogP contribution in [0.2, 0.25) is 0 Å². The number of rotatable bonds is 38. The van der Waals surface area contributed by atoms with E-state index in [2.05, 4.69) is 19.2 Å². The lowest BCUT2D eigenvalue weighted by Gasteiger charge is -2.44. The summed E-state index contributed by atoms with van der Waals surface area (Å²) in [5, 5.41) is 14.1. The molecule has 1 aliphatic heterocycles. The smallest absolute Gasteiger partial charge is 0.462 e. The number of aliphatic hydroxyl groups excluding tert-OH is 1. The topological polar surface area (TPSA) is 201 Å². The van der Waals surface area contributed by atoms with E-state index in [1.807, 2.05) is 0 Å². The molecule has 0 bridgehead atoms. The van der Waals surface area contributed by atoms with Crippen LogP contribution in [0.25, 0.3) is 0 Å². The van der Waals surface area contributed by atoms with Crippen molar-refractivity contribution in [1.82, 2.24) is 5.32 Å². The average molecular weight is 1160 g/mol. The molecule has 3 aromatic rings. The quantitative estimate of drug-likeness (QED) is 0.0180. The van der Waals surface area contributed by atoms with Crippen molar-refractivity contribution in [2.24, 2.45) is 0 Å². The fraction of sp³-hybridized carbons (Fsp3) is 0.614. The van der Waals surface area contributed by atoms with Gasteiger partial charge in [-0.15, -0.1) is 0 Å². The maximum atomic E-state index is 15.1. The highest BCUT2D eigenvalue weighted by molar-refractivity contribution is 7.49. The normalized spacial score (nSPS) is 17.9. The van der Waals surface area contributed by atoms with Crippen LogP contribution >= 0.6 is 42.6 Å². The third-order valence-corrected chi connectivity index (χ3v) is 14.3. The molecule has 4 rings (SSSR count). The Labute approximate surface area is 470 Å². The van der Waals surface area contributed by atoms with Crippen molar-refractivity contribution in [3.8, 4) is 11.5 Å². The van der Waals surface area contributed by atoms with Gasteiger partial charge in [0.2, 0.25) is 3.79 Å². The summed E-state index contributed by atoms with van der Waals surface area (Å²) in [6, 6.07) is 22.8. The van der Waals surface area contributed by atoms with Gasteiger partial charge < -0.3 is 47.9 Å². The summed E-state index contributed by atoms with van der Waals surface area (Å²) in [6.07, 6.45) is 10.9. The Morgan fingerprint density at radius 3 is 1.65 bits per heavy atom. The lowest BCUT2D eigenvalue weighted by atomic mass is 9.96. The number of halogens is 3. The van der Waals surface area contributed by atoms with Crippen molar-refractivity contribution in [3.05, 3.63) is 96.6 Å². The van der Waals surface area contributed by atoms with Crippen LogP contribution in [0.5, 0.6) is 11.5 Å². The number of phosphoric ester groups is 1. The number of carbonyl (C=O) groups is 4. The SMILES string of the molecule is CCCCCCCCCCCCCC(=O)O[C@H](CCCCCCCCCCC)CC(=O)O[C@@H]1[C@@H](NC(=O)OCC(Cl)(Cl)Cl)[C@@H](O)O[C@H](COC(=O)OCc2ccccc2)[C@H]1OP(=O)(Oc1ccccc1)Oc1ccccc1. The van der Waals surface area contributed by atoms with Gasteiger partial charge in [-0.2, -0.15) is 0 Å². The van der Waals surface area contributed by atoms with Crippen molar-refractivity contribution < 1.29 is 70.8 Å². The molecule has 16 nitrogen and oxygen atoms in total. The molecule has 1 aliphatic rings. The summed E-state index contributed by atoms with van der Waals surface area (Å²) in [6.45, 7) is 2.73.